The molecule has 0 aromatic heterocycles. The molecule has 0 bridgehead atoms. The van der Waals surface area contributed by atoms with Crippen LogP contribution in [0.4, 0.5) is 5.69 Å². The monoisotopic (exact) mass is 544 g/mol. The predicted octanol–water partition coefficient (Wildman–Crippen LogP) is 4.55. The summed E-state index contributed by atoms with van der Waals surface area (Å²) in [5.74, 6) is 1.21. The minimum atomic E-state index is 0. The summed E-state index contributed by atoms with van der Waals surface area (Å²) in [6, 6.07) is 15.7. The van der Waals surface area contributed by atoms with Crippen molar-refractivity contribution < 1.29 is 9.47 Å². The minimum absolute atomic E-state index is 0. The van der Waals surface area contributed by atoms with E-state index in [1.54, 1.807) is 0 Å². The van der Waals surface area contributed by atoms with Crippen molar-refractivity contribution in [3.63, 3.8) is 0 Å². The molecule has 0 amide bonds. The van der Waals surface area contributed by atoms with Gasteiger partial charge in [-0.25, -0.2) is 0 Å². The van der Waals surface area contributed by atoms with E-state index >= 15 is 0 Å². The van der Waals surface area contributed by atoms with Gasteiger partial charge in [-0.2, -0.15) is 0 Å². The van der Waals surface area contributed by atoms with Crippen molar-refractivity contribution in [1.82, 2.24) is 4.90 Å². The number of anilines is 1. The number of hydrogen-bond acceptors (Lipinski definition) is 4. The van der Waals surface area contributed by atoms with E-state index in [9.17, 15) is 0 Å². The number of nitrogens with two attached hydrogens (primary N) is 1. The lowest BCUT2D eigenvalue weighted by Gasteiger charge is -2.34. The molecule has 2 aromatic rings. The highest BCUT2D eigenvalue weighted by Crippen LogP contribution is 2.24. The van der Waals surface area contributed by atoms with Crippen LogP contribution in [0.2, 0.25) is 5.02 Å². The summed E-state index contributed by atoms with van der Waals surface area (Å²) in [4.78, 5) is 6.98. The molecule has 1 atom stereocenters. The largest absolute Gasteiger partial charge is 0.491 e. The number of nitrogens with one attached hydrogen (secondary N) is 1. The molecule has 1 saturated heterocycles. The summed E-state index contributed by atoms with van der Waals surface area (Å²) >= 11 is 6.06. The van der Waals surface area contributed by atoms with Gasteiger partial charge in [-0.1, -0.05) is 23.7 Å². The van der Waals surface area contributed by atoms with Crippen molar-refractivity contribution in [3.8, 4) is 5.75 Å². The summed E-state index contributed by atoms with van der Waals surface area (Å²) in [6.07, 6.45) is 0.144. The molecular formula is C22H30ClIN4O2. The number of hydrogen-bond donors (Lipinski definition) is 2. The first-order valence-corrected chi connectivity index (χ1v) is 10.3. The number of halogens is 2. The number of morpholine rings is 1. The third kappa shape index (κ3) is 7.61. The van der Waals surface area contributed by atoms with Crippen LogP contribution in [-0.4, -0.2) is 49.8 Å². The van der Waals surface area contributed by atoms with E-state index in [1.165, 1.54) is 5.56 Å². The van der Waals surface area contributed by atoms with E-state index in [1.807, 2.05) is 50.2 Å². The van der Waals surface area contributed by atoms with Gasteiger partial charge < -0.3 is 20.5 Å². The SMILES string of the molecule is CC(C)Oc1ccc(NC(N)=NCC(c2ccc(Cl)cc2)N2CCOCC2)cc1.I. The van der Waals surface area contributed by atoms with Gasteiger partial charge in [-0.05, 0) is 55.8 Å². The molecular weight excluding hydrogens is 515 g/mol. The zero-order valence-electron chi connectivity index (χ0n) is 17.4. The summed E-state index contributed by atoms with van der Waals surface area (Å²) in [5, 5.41) is 3.88. The van der Waals surface area contributed by atoms with E-state index in [2.05, 4.69) is 27.3 Å². The topological polar surface area (TPSA) is 72.1 Å². The van der Waals surface area contributed by atoms with Gasteiger partial charge in [0, 0.05) is 23.8 Å². The molecule has 1 unspecified atom stereocenters. The number of nitrogens with zero attached hydrogens (tertiary/aromatic N) is 2. The molecule has 2 aromatic carbocycles. The second-order valence-electron chi connectivity index (χ2n) is 7.26. The number of rotatable bonds is 7. The van der Waals surface area contributed by atoms with Gasteiger partial charge >= 0.3 is 0 Å². The third-order valence-electron chi connectivity index (χ3n) is 4.67. The van der Waals surface area contributed by atoms with Crippen molar-refractivity contribution >= 4 is 47.2 Å². The maximum absolute atomic E-state index is 6.15. The van der Waals surface area contributed by atoms with Crippen LogP contribution >= 0.6 is 35.6 Å². The van der Waals surface area contributed by atoms with Crippen LogP contribution in [0.3, 0.4) is 0 Å². The highest BCUT2D eigenvalue weighted by atomic mass is 127. The Balaban J connectivity index is 0.00000320. The molecule has 1 heterocycles. The molecule has 30 heavy (non-hydrogen) atoms. The van der Waals surface area contributed by atoms with Crippen LogP contribution < -0.4 is 15.8 Å². The average molecular weight is 545 g/mol. The maximum atomic E-state index is 6.15. The van der Waals surface area contributed by atoms with E-state index in [-0.39, 0.29) is 36.1 Å². The fraction of sp³-hybridized carbons (Fsp3) is 0.409. The number of guanidine groups is 1. The molecule has 164 valence electrons. The van der Waals surface area contributed by atoms with Crippen molar-refractivity contribution in [3.05, 3.63) is 59.1 Å². The number of ether oxygens (including phenoxy) is 2. The summed E-state index contributed by atoms with van der Waals surface area (Å²) in [7, 11) is 0. The van der Waals surface area contributed by atoms with Crippen LogP contribution in [0.5, 0.6) is 5.75 Å². The first-order chi connectivity index (χ1) is 14.0. The Morgan fingerprint density at radius 3 is 2.37 bits per heavy atom. The fourth-order valence-electron chi connectivity index (χ4n) is 3.27. The highest BCUT2D eigenvalue weighted by molar-refractivity contribution is 14.0. The smallest absolute Gasteiger partial charge is 0.193 e. The van der Waals surface area contributed by atoms with Crippen molar-refractivity contribution in [2.45, 2.75) is 26.0 Å². The molecule has 0 aliphatic carbocycles. The molecule has 1 fully saturated rings. The lowest BCUT2D eigenvalue weighted by molar-refractivity contribution is 0.0180. The Hall–Kier alpha value is -1.55. The third-order valence-corrected chi connectivity index (χ3v) is 4.93. The number of aliphatic imine (C=N–C) groups is 1. The van der Waals surface area contributed by atoms with Gasteiger partial charge in [0.1, 0.15) is 5.75 Å². The van der Waals surface area contributed by atoms with Crippen LogP contribution in [0.25, 0.3) is 0 Å². The molecule has 3 N–H and O–H groups in total. The molecule has 3 rings (SSSR count). The van der Waals surface area contributed by atoms with Crippen LogP contribution in [0.15, 0.2) is 53.5 Å². The predicted molar refractivity (Wildman–Crippen MR) is 134 cm³/mol. The molecule has 1 aliphatic rings. The molecule has 1 aliphatic heterocycles. The Labute approximate surface area is 200 Å². The second-order valence-corrected chi connectivity index (χ2v) is 7.69. The first kappa shape index (κ1) is 24.7. The van der Waals surface area contributed by atoms with Crippen molar-refractivity contribution in [2.75, 3.05) is 38.2 Å². The van der Waals surface area contributed by atoms with E-state index in [0.717, 1.165) is 42.8 Å². The van der Waals surface area contributed by atoms with Gasteiger partial charge in [-0.15, -0.1) is 24.0 Å². The lowest BCUT2D eigenvalue weighted by Crippen LogP contribution is -2.40. The zero-order chi connectivity index (χ0) is 20.6. The highest BCUT2D eigenvalue weighted by Gasteiger charge is 2.22. The van der Waals surface area contributed by atoms with Gasteiger partial charge in [0.05, 0.1) is 31.9 Å². The number of benzene rings is 2. The van der Waals surface area contributed by atoms with E-state index in [4.69, 9.17) is 26.8 Å². The van der Waals surface area contributed by atoms with Gasteiger partial charge in [-0.3, -0.25) is 9.89 Å². The molecule has 6 nitrogen and oxygen atoms in total. The summed E-state index contributed by atoms with van der Waals surface area (Å²) in [5.41, 5.74) is 8.19. The first-order valence-electron chi connectivity index (χ1n) is 9.92. The normalized spacial score (nSPS) is 16.1. The zero-order valence-corrected chi connectivity index (χ0v) is 20.5. The Kier molecular flexibility index (Phi) is 10.2. The Morgan fingerprint density at radius 2 is 1.77 bits per heavy atom. The second kappa shape index (κ2) is 12.3. The Morgan fingerprint density at radius 1 is 1.13 bits per heavy atom. The lowest BCUT2D eigenvalue weighted by atomic mass is 10.0. The fourth-order valence-corrected chi connectivity index (χ4v) is 3.39. The van der Waals surface area contributed by atoms with E-state index in [0.29, 0.717) is 12.5 Å². The van der Waals surface area contributed by atoms with Gasteiger partial charge in [0.2, 0.25) is 0 Å². The molecule has 0 radical (unpaired) electrons. The van der Waals surface area contributed by atoms with Crippen LogP contribution in [0.1, 0.15) is 25.5 Å². The molecule has 8 heteroatoms. The quantitative estimate of drug-likeness (QED) is 0.304. The maximum Gasteiger partial charge on any atom is 0.193 e. The van der Waals surface area contributed by atoms with Gasteiger partial charge in [0.15, 0.2) is 5.96 Å². The molecule has 0 spiro atoms. The van der Waals surface area contributed by atoms with Gasteiger partial charge in [0.25, 0.3) is 0 Å². The Bertz CT molecular complexity index is 794. The van der Waals surface area contributed by atoms with Crippen molar-refractivity contribution in [2.24, 2.45) is 10.7 Å². The summed E-state index contributed by atoms with van der Waals surface area (Å²) < 4.78 is 11.2. The molecule has 0 saturated carbocycles. The average Bonchev–Trinajstić information content (AvgIpc) is 2.71. The minimum Gasteiger partial charge on any atom is -0.491 e. The van der Waals surface area contributed by atoms with Crippen molar-refractivity contribution in [1.29, 1.82) is 0 Å². The standard InChI is InChI=1S/C22H29ClN4O2.HI/c1-16(2)29-20-9-7-19(8-10-20)26-22(24)25-15-21(27-11-13-28-14-12-27)17-3-5-18(23)6-4-17;/h3-10,16,21H,11-15H2,1-2H3,(H3,24,25,26);1H. The van der Waals surface area contributed by atoms with E-state index < -0.39 is 0 Å². The van der Waals surface area contributed by atoms with Crippen LogP contribution in [0, 0.1) is 0 Å². The van der Waals surface area contributed by atoms with Crippen LogP contribution in [-0.2, 0) is 4.74 Å². The summed E-state index contributed by atoms with van der Waals surface area (Å²) in [6.45, 7) is 7.75.